The summed E-state index contributed by atoms with van der Waals surface area (Å²) in [6, 6.07) is 21.5. The van der Waals surface area contributed by atoms with Crippen LogP contribution in [0.3, 0.4) is 0 Å². The first kappa shape index (κ1) is 16.8. The number of pyridine rings is 1. The highest BCUT2D eigenvalue weighted by atomic mass is 35.5. The van der Waals surface area contributed by atoms with Crippen LogP contribution in [-0.4, -0.2) is 10.9 Å². The molecule has 1 heterocycles. The molecule has 3 atom stereocenters. The van der Waals surface area contributed by atoms with Gasteiger partial charge in [0.1, 0.15) is 0 Å². The minimum Gasteiger partial charge on any atom is -0.345 e. The highest BCUT2D eigenvalue weighted by molar-refractivity contribution is 6.31. The topological polar surface area (TPSA) is 42.0 Å². The van der Waals surface area contributed by atoms with Gasteiger partial charge in [-0.15, -0.1) is 0 Å². The Morgan fingerprint density at radius 2 is 1.62 bits per heavy atom. The van der Waals surface area contributed by atoms with Crippen LogP contribution < -0.4 is 5.32 Å². The lowest BCUT2D eigenvalue weighted by atomic mass is 9.99. The summed E-state index contributed by atoms with van der Waals surface area (Å²) < 4.78 is 0. The second kappa shape index (κ2) is 7.30. The van der Waals surface area contributed by atoms with Crippen molar-refractivity contribution in [1.29, 1.82) is 0 Å². The molecule has 4 heteroatoms. The molecule has 3 aromatic rings. The van der Waals surface area contributed by atoms with Gasteiger partial charge in [-0.2, -0.15) is 0 Å². The highest BCUT2D eigenvalue weighted by Gasteiger charge is 2.45. The van der Waals surface area contributed by atoms with Crippen molar-refractivity contribution in [2.45, 2.75) is 18.4 Å². The van der Waals surface area contributed by atoms with Crippen LogP contribution in [-0.2, 0) is 4.79 Å². The van der Waals surface area contributed by atoms with E-state index in [-0.39, 0.29) is 23.8 Å². The molecule has 1 N–H and O–H groups in total. The number of nitrogens with zero attached hydrogens (tertiary/aromatic N) is 1. The van der Waals surface area contributed by atoms with E-state index in [1.54, 1.807) is 12.4 Å². The fraction of sp³-hybridized carbons (Fsp3) is 0.182. The van der Waals surface area contributed by atoms with E-state index in [9.17, 15) is 4.79 Å². The Hall–Kier alpha value is -2.65. The van der Waals surface area contributed by atoms with Crippen molar-refractivity contribution in [3.63, 3.8) is 0 Å². The molecule has 130 valence electrons. The third-order valence-electron chi connectivity index (χ3n) is 4.89. The number of carbonyl (C=O) groups excluding carboxylic acids is 1. The van der Waals surface area contributed by atoms with Crippen LogP contribution in [0, 0.1) is 5.92 Å². The second-order valence-electron chi connectivity index (χ2n) is 6.60. The third-order valence-corrected chi connectivity index (χ3v) is 5.24. The lowest BCUT2D eigenvalue weighted by Gasteiger charge is -2.20. The number of rotatable bonds is 5. The van der Waals surface area contributed by atoms with Gasteiger partial charge in [0.25, 0.3) is 0 Å². The zero-order valence-corrected chi connectivity index (χ0v) is 14.9. The van der Waals surface area contributed by atoms with E-state index in [1.165, 1.54) is 0 Å². The Kier molecular flexibility index (Phi) is 4.72. The molecule has 3 unspecified atom stereocenters. The van der Waals surface area contributed by atoms with Crippen LogP contribution in [0.15, 0.2) is 79.1 Å². The Labute approximate surface area is 158 Å². The molecule has 0 bridgehead atoms. The van der Waals surface area contributed by atoms with Gasteiger partial charge in [0.05, 0.1) is 6.04 Å². The molecule has 1 fully saturated rings. The highest BCUT2D eigenvalue weighted by Crippen LogP contribution is 2.49. The first-order valence-corrected chi connectivity index (χ1v) is 9.11. The fourth-order valence-corrected chi connectivity index (χ4v) is 3.69. The standard InChI is InChI=1S/C22H19ClN2O/c23-20-9-5-4-8-17(20)18-14-19(18)22(26)25-21(15-6-2-1-3-7-15)16-10-12-24-13-11-16/h1-13,18-19,21H,14H2,(H,25,26). The summed E-state index contributed by atoms with van der Waals surface area (Å²) in [7, 11) is 0. The molecule has 0 saturated heterocycles. The quantitative estimate of drug-likeness (QED) is 0.712. The number of hydrogen-bond donors (Lipinski definition) is 1. The number of aromatic nitrogens is 1. The molecule has 2 aromatic carbocycles. The molecule has 1 amide bonds. The summed E-state index contributed by atoms with van der Waals surface area (Å²) in [6.07, 6.45) is 4.34. The van der Waals surface area contributed by atoms with Crippen molar-refractivity contribution in [3.8, 4) is 0 Å². The van der Waals surface area contributed by atoms with Crippen LogP contribution in [0.1, 0.15) is 35.1 Å². The minimum absolute atomic E-state index is 0.0250. The zero-order chi connectivity index (χ0) is 17.9. The average molecular weight is 363 g/mol. The lowest BCUT2D eigenvalue weighted by molar-refractivity contribution is -0.122. The summed E-state index contributed by atoms with van der Waals surface area (Å²) in [6.45, 7) is 0. The number of amides is 1. The normalized spacial score (nSPS) is 19.6. The molecule has 0 radical (unpaired) electrons. The number of nitrogens with one attached hydrogen (secondary N) is 1. The largest absolute Gasteiger partial charge is 0.345 e. The Balaban J connectivity index is 1.54. The van der Waals surface area contributed by atoms with Gasteiger partial charge in [-0.05, 0) is 47.2 Å². The molecule has 1 aliphatic rings. The van der Waals surface area contributed by atoms with Crippen molar-refractivity contribution >= 4 is 17.5 Å². The molecule has 1 saturated carbocycles. The van der Waals surface area contributed by atoms with Gasteiger partial charge < -0.3 is 5.32 Å². The lowest BCUT2D eigenvalue weighted by Crippen LogP contribution is -2.30. The van der Waals surface area contributed by atoms with Crippen molar-refractivity contribution < 1.29 is 4.79 Å². The predicted molar refractivity (Wildman–Crippen MR) is 103 cm³/mol. The third kappa shape index (κ3) is 3.49. The van der Waals surface area contributed by atoms with Crippen molar-refractivity contribution in [1.82, 2.24) is 10.3 Å². The predicted octanol–water partition coefficient (Wildman–Crippen LogP) is 4.74. The maximum absolute atomic E-state index is 12.9. The first-order chi connectivity index (χ1) is 12.7. The van der Waals surface area contributed by atoms with Gasteiger partial charge in [0.2, 0.25) is 5.91 Å². The van der Waals surface area contributed by atoms with E-state index in [1.807, 2.05) is 66.7 Å². The second-order valence-corrected chi connectivity index (χ2v) is 7.01. The van der Waals surface area contributed by atoms with Crippen LogP contribution in [0.2, 0.25) is 5.02 Å². The fourth-order valence-electron chi connectivity index (χ4n) is 3.41. The van der Waals surface area contributed by atoms with Gasteiger partial charge in [0, 0.05) is 23.3 Å². The van der Waals surface area contributed by atoms with Gasteiger partial charge >= 0.3 is 0 Å². The van der Waals surface area contributed by atoms with Crippen molar-refractivity contribution in [2.24, 2.45) is 5.92 Å². The van der Waals surface area contributed by atoms with Gasteiger partial charge in [-0.3, -0.25) is 9.78 Å². The summed E-state index contributed by atoms with van der Waals surface area (Å²) >= 11 is 6.29. The van der Waals surface area contributed by atoms with E-state index in [0.717, 1.165) is 28.1 Å². The van der Waals surface area contributed by atoms with E-state index in [0.29, 0.717) is 0 Å². The molecule has 4 rings (SSSR count). The molecule has 26 heavy (non-hydrogen) atoms. The van der Waals surface area contributed by atoms with Crippen molar-refractivity contribution in [2.75, 3.05) is 0 Å². The molecular weight excluding hydrogens is 344 g/mol. The van der Waals surface area contributed by atoms with Gasteiger partial charge in [-0.25, -0.2) is 0 Å². The molecule has 3 nitrogen and oxygen atoms in total. The van der Waals surface area contributed by atoms with E-state index in [2.05, 4.69) is 10.3 Å². The molecule has 1 aliphatic carbocycles. The molecule has 0 spiro atoms. The van der Waals surface area contributed by atoms with Gasteiger partial charge in [-0.1, -0.05) is 60.1 Å². The maximum Gasteiger partial charge on any atom is 0.224 e. The summed E-state index contributed by atoms with van der Waals surface area (Å²) in [4.78, 5) is 17.0. The number of halogens is 1. The smallest absolute Gasteiger partial charge is 0.224 e. The van der Waals surface area contributed by atoms with E-state index in [4.69, 9.17) is 11.6 Å². The number of hydrogen-bond acceptors (Lipinski definition) is 2. The minimum atomic E-state index is -0.181. The van der Waals surface area contributed by atoms with Crippen LogP contribution in [0.4, 0.5) is 0 Å². The monoisotopic (exact) mass is 362 g/mol. The van der Waals surface area contributed by atoms with E-state index >= 15 is 0 Å². The molecular formula is C22H19ClN2O. The van der Waals surface area contributed by atoms with Crippen LogP contribution >= 0.6 is 11.6 Å². The summed E-state index contributed by atoms with van der Waals surface area (Å²) in [5, 5.41) is 3.96. The summed E-state index contributed by atoms with van der Waals surface area (Å²) in [5.41, 5.74) is 3.14. The number of benzene rings is 2. The van der Waals surface area contributed by atoms with Crippen LogP contribution in [0.5, 0.6) is 0 Å². The Morgan fingerprint density at radius 1 is 0.962 bits per heavy atom. The molecule has 1 aromatic heterocycles. The van der Waals surface area contributed by atoms with Crippen LogP contribution in [0.25, 0.3) is 0 Å². The zero-order valence-electron chi connectivity index (χ0n) is 14.2. The average Bonchev–Trinajstić information content (AvgIpc) is 3.48. The SMILES string of the molecule is O=C(NC(c1ccccc1)c1ccncc1)C1CC1c1ccccc1Cl. The van der Waals surface area contributed by atoms with Gasteiger partial charge in [0.15, 0.2) is 0 Å². The Morgan fingerprint density at radius 3 is 2.35 bits per heavy atom. The maximum atomic E-state index is 12.9. The van der Waals surface area contributed by atoms with Crippen molar-refractivity contribution in [3.05, 3.63) is 101 Å². The number of carbonyl (C=O) groups is 1. The summed E-state index contributed by atoms with van der Waals surface area (Å²) in [5.74, 6) is 0.251. The Bertz CT molecular complexity index is 859. The van der Waals surface area contributed by atoms with E-state index < -0.39 is 0 Å². The molecule has 0 aliphatic heterocycles. The first-order valence-electron chi connectivity index (χ1n) is 8.73.